The Labute approximate surface area is 176 Å². The molecule has 30 heavy (non-hydrogen) atoms. The Morgan fingerprint density at radius 2 is 1.77 bits per heavy atom. The summed E-state index contributed by atoms with van der Waals surface area (Å²) in [4.78, 5) is 12.4. The Morgan fingerprint density at radius 1 is 1.03 bits per heavy atom. The normalized spacial score (nSPS) is 13.6. The SMILES string of the molecule is CS(=O)(=O)CCC(=O)Nc1cc(-c2ccc3c(c2)CCCC3)nn1-c1ccccc1. The minimum absolute atomic E-state index is 0.0903. The van der Waals surface area contributed by atoms with Crippen LogP contribution in [-0.4, -0.2) is 36.1 Å². The number of aromatic nitrogens is 2. The van der Waals surface area contributed by atoms with E-state index in [4.69, 9.17) is 5.10 Å². The highest BCUT2D eigenvalue weighted by Gasteiger charge is 2.17. The molecule has 1 N–H and O–H groups in total. The molecular weight excluding hydrogens is 398 g/mol. The Morgan fingerprint density at radius 3 is 2.50 bits per heavy atom. The van der Waals surface area contributed by atoms with Crippen molar-refractivity contribution in [2.75, 3.05) is 17.3 Å². The molecule has 1 amide bonds. The van der Waals surface area contributed by atoms with Crippen molar-refractivity contribution in [1.29, 1.82) is 0 Å². The summed E-state index contributed by atoms with van der Waals surface area (Å²) < 4.78 is 24.5. The van der Waals surface area contributed by atoms with Crippen molar-refractivity contribution >= 4 is 21.6 Å². The van der Waals surface area contributed by atoms with E-state index in [2.05, 4.69) is 23.5 Å². The van der Waals surface area contributed by atoms with Crippen molar-refractivity contribution in [3.8, 4) is 16.9 Å². The molecule has 1 aliphatic carbocycles. The predicted octanol–water partition coefficient (Wildman–Crippen LogP) is 3.79. The van der Waals surface area contributed by atoms with Crippen LogP contribution in [0.5, 0.6) is 0 Å². The second-order valence-electron chi connectivity index (χ2n) is 7.78. The van der Waals surface area contributed by atoms with Crippen molar-refractivity contribution in [3.05, 3.63) is 65.7 Å². The topological polar surface area (TPSA) is 81.1 Å². The molecule has 0 unspecified atom stereocenters. The highest BCUT2D eigenvalue weighted by molar-refractivity contribution is 7.90. The minimum atomic E-state index is -3.20. The third-order valence-corrected chi connectivity index (χ3v) is 6.27. The zero-order chi connectivity index (χ0) is 21.1. The summed E-state index contributed by atoms with van der Waals surface area (Å²) in [6.45, 7) is 0. The van der Waals surface area contributed by atoms with Crippen LogP contribution in [0.3, 0.4) is 0 Å². The number of anilines is 1. The zero-order valence-electron chi connectivity index (χ0n) is 17.0. The van der Waals surface area contributed by atoms with Crippen LogP contribution in [0.1, 0.15) is 30.4 Å². The molecule has 0 saturated carbocycles. The molecule has 1 aromatic heterocycles. The molecule has 0 radical (unpaired) electrons. The third kappa shape index (κ3) is 4.79. The fourth-order valence-corrected chi connectivity index (χ4v) is 4.31. The molecule has 2 aromatic carbocycles. The number of rotatable bonds is 6. The van der Waals surface area contributed by atoms with Gasteiger partial charge in [-0.05, 0) is 55.0 Å². The number of fused-ring (bicyclic) bond motifs is 1. The third-order valence-electron chi connectivity index (χ3n) is 5.32. The maximum atomic E-state index is 12.4. The maximum Gasteiger partial charge on any atom is 0.226 e. The largest absolute Gasteiger partial charge is 0.311 e. The molecule has 0 fully saturated rings. The van der Waals surface area contributed by atoms with Crippen molar-refractivity contribution in [2.45, 2.75) is 32.1 Å². The van der Waals surface area contributed by atoms with Gasteiger partial charge in [-0.2, -0.15) is 5.10 Å². The number of nitrogens with one attached hydrogen (secondary N) is 1. The fourth-order valence-electron chi connectivity index (χ4n) is 3.75. The van der Waals surface area contributed by atoms with Gasteiger partial charge >= 0.3 is 0 Å². The zero-order valence-corrected chi connectivity index (χ0v) is 17.8. The number of hydrogen-bond donors (Lipinski definition) is 1. The van der Waals surface area contributed by atoms with Crippen molar-refractivity contribution in [1.82, 2.24) is 9.78 Å². The molecule has 0 atom stereocenters. The van der Waals surface area contributed by atoms with Gasteiger partial charge < -0.3 is 5.32 Å². The average molecular weight is 424 g/mol. The van der Waals surface area contributed by atoms with Crippen LogP contribution < -0.4 is 5.32 Å². The van der Waals surface area contributed by atoms with Crippen molar-refractivity contribution in [2.24, 2.45) is 0 Å². The van der Waals surface area contributed by atoms with Crippen molar-refractivity contribution in [3.63, 3.8) is 0 Å². The summed E-state index contributed by atoms with van der Waals surface area (Å²) in [5.41, 5.74) is 5.37. The number of para-hydroxylation sites is 1. The van der Waals surface area contributed by atoms with E-state index in [-0.39, 0.29) is 18.1 Å². The molecule has 0 bridgehead atoms. The van der Waals surface area contributed by atoms with E-state index in [1.165, 1.54) is 24.0 Å². The Bertz CT molecular complexity index is 1170. The van der Waals surface area contributed by atoms with Gasteiger partial charge in [0.25, 0.3) is 0 Å². The maximum absolute atomic E-state index is 12.4. The van der Waals surface area contributed by atoms with E-state index in [1.807, 2.05) is 36.4 Å². The molecule has 1 heterocycles. The summed E-state index contributed by atoms with van der Waals surface area (Å²) in [6.07, 6.45) is 5.68. The average Bonchev–Trinajstić information content (AvgIpc) is 3.16. The van der Waals surface area contributed by atoms with E-state index in [9.17, 15) is 13.2 Å². The summed E-state index contributed by atoms with van der Waals surface area (Å²) in [5.74, 6) is -0.0161. The number of benzene rings is 2. The monoisotopic (exact) mass is 423 g/mol. The van der Waals surface area contributed by atoms with Crippen LogP contribution in [0.15, 0.2) is 54.6 Å². The first-order valence-corrected chi connectivity index (χ1v) is 12.2. The molecule has 0 aliphatic heterocycles. The second kappa shape index (κ2) is 8.44. The highest BCUT2D eigenvalue weighted by atomic mass is 32.2. The molecule has 7 heteroatoms. The number of nitrogens with zero attached hydrogens (tertiary/aromatic N) is 2. The first kappa shape index (κ1) is 20.3. The lowest BCUT2D eigenvalue weighted by Crippen LogP contribution is -2.18. The van der Waals surface area contributed by atoms with Gasteiger partial charge in [0.2, 0.25) is 5.91 Å². The van der Waals surface area contributed by atoms with Gasteiger partial charge in [0.15, 0.2) is 0 Å². The van der Waals surface area contributed by atoms with Gasteiger partial charge in [-0.15, -0.1) is 0 Å². The second-order valence-corrected chi connectivity index (χ2v) is 10.0. The van der Waals surface area contributed by atoms with Crippen molar-refractivity contribution < 1.29 is 13.2 Å². The minimum Gasteiger partial charge on any atom is -0.311 e. The number of sulfone groups is 1. The summed E-state index contributed by atoms with van der Waals surface area (Å²) >= 11 is 0. The van der Waals surface area contributed by atoms with E-state index >= 15 is 0 Å². The molecule has 0 saturated heterocycles. The van der Waals surface area contributed by atoms with Crippen LogP contribution in [0.4, 0.5) is 5.82 Å². The van der Waals surface area contributed by atoms with Gasteiger partial charge in [0.1, 0.15) is 15.7 Å². The lowest BCUT2D eigenvalue weighted by atomic mass is 9.90. The highest BCUT2D eigenvalue weighted by Crippen LogP contribution is 2.29. The van der Waals surface area contributed by atoms with Crippen LogP contribution in [0, 0.1) is 0 Å². The molecule has 156 valence electrons. The summed E-state index contributed by atoms with van der Waals surface area (Å²) in [5, 5.41) is 7.58. The molecule has 4 rings (SSSR count). The van der Waals surface area contributed by atoms with Crippen LogP contribution in [0.2, 0.25) is 0 Å². The standard InChI is InChI=1S/C23H25N3O3S/c1-30(28,29)14-13-23(27)24-22-16-21(25-26(22)20-9-3-2-4-10-20)19-12-11-17-7-5-6-8-18(17)15-19/h2-4,9-12,15-16H,5-8,13-14H2,1H3,(H,24,27). The predicted molar refractivity (Wildman–Crippen MR) is 119 cm³/mol. The first-order chi connectivity index (χ1) is 14.4. The number of hydrogen-bond acceptors (Lipinski definition) is 4. The number of aryl methyl sites for hydroxylation is 2. The van der Waals surface area contributed by atoms with E-state index in [0.717, 1.165) is 36.0 Å². The molecule has 0 spiro atoms. The van der Waals surface area contributed by atoms with Gasteiger partial charge in [0, 0.05) is 24.3 Å². The fraction of sp³-hybridized carbons (Fsp3) is 0.304. The van der Waals surface area contributed by atoms with E-state index in [0.29, 0.717) is 5.82 Å². The Balaban J connectivity index is 1.67. The lowest BCUT2D eigenvalue weighted by Gasteiger charge is -2.16. The van der Waals surface area contributed by atoms with Crippen LogP contribution in [-0.2, 0) is 27.5 Å². The summed E-state index contributed by atoms with van der Waals surface area (Å²) in [7, 11) is -3.20. The first-order valence-electron chi connectivity index (χ1n) is 10.1. The molecule has 6 nitrogen and oxygen atoms in total. The smallest absolute Gasteiger partial charge is 0.226 e. The quantitative estimate of drug-likeness (QED) is 0.654. The molecule has 3 aromatic rings. The number of carbonyl (C=O) groups excluding carboxylic acids is 1. The van der Waals surface area contributed by atoms with E-state index < -0.39 is 9.84 Å². The molecular formula is C23H25N3O3S. The summed E-state index contributed by atoms with van der Waals surface area (Å²) in [6, 6.07) is 17.9. The Kier molecular flexibility index (Phi) is 5.72. The van der Waals surface area contributed by atoms with Crippen LogP contribution in [0.25, 0.3) is 16.9 Å². The van der Waals surface area contributed by atoms with E-state index in [1.54, 1.807) is 4.68 Å². The number of amides is 1. The van der Waals surface area contributed by atoms with Gasteiger partial charge in [-0.25, -0.2) is 13.1 Å². The molecule has 1 aliphatic rings. The van der Waals surface area contributed by atoms with Gasteiger partial charge in [-0.1, -0.05) is 30.3 Å². The van der Waals surface area contributed by atoms with Gasteiger partial charge in [0.05, 0.1) is 17.1 Å². The van der Waals surface area contributed by atoms with Crippen LogP contribution >= 0.6 is 0 Å². The lowest BCUT2D eigenvalue weighted by molar-refractivity contribution is -0.115. The number of carbonyl (C=O) groups is 1. The Hall–Kier alpha value is -2.93. The van der Waals surface area contributed by atoms with Gasteiger partial charge in [-0.3, -0.25) is 4.79 Å².